The van der Waals surface area contributed by atoms with Crippen molar-refractivity contribution in [1.82, 2.24) is 0 Å². The molecule has 0 radical (unpaired) electrons. The van der Waals surface area contributed by atoms with Crippen molar-refractivity contribution in [1.29, 1.82) is 0 Å². The predicted octanol–water partition coefficient (Wildman–Crippen LogP) is 16.7. The van der Waals surface area contributed by atoms with Gasteiger partial charge in [0.2, 0.25) is 0 Å². The van der Waals surface area contributed by atoms with E-state index in [-0.39, 0.29) is 5.41 Å². The number of rotatable bonds is 3. The summed E-state index contributed by atoms with van der Waals surface area (Å²) in [7, 11) is 0. The molecule has 0 saturated heterocycles. The first kappa shape index (κ1) is 33.5. The van der Waals surface area contributed by atoms with Gasteiger partial charge < -0.3 is 4.42 Å². The molecule has 0 atom stereocenters. The summed E-state index contributed by atoms with van der Waals surface area (Å²) in [5, 5.41) is 15.1. The number of benzene rings is 11. The molecule has 0 unspecified atom stereocenters. The Balaban J connectivity index is 0.986. The van der Waals surface area contributed by atoms with Crippen molar-refractivity contribution in [2.75, 3.05) is 0 Å². The second-order valence-corrected chi connectivity index (χ2v) is 17.1. The Morgan fingerprint density at radius 2 is 0.800 bits per heavy atom. The minimum Gasteiger partial charge on any atom is -0.456 e. The van der Waals surface area contributed by atoms with Crippen molar-refractivity contribution in [3.63, 3.8) is 0 Å². The molecule has 1 aliphatic rings. The van der Waals surface area contributed by atoms with E-state index in [0.29, 0.717) is 0 Å². The lowest BCUT2D eigenvalue weighted by Crippen LogP contribution is -2.17. The lowest BCUT2D eigenvalue weighted by atomic mass is 9.76. The fourth-order valence-corrected chi connectivity index (χ4v) is 11.1. The molecule has 1 aromatic heterocycles. The van der Waals surface area contributed by atoms with Gasteiger partial charge in [0.05, 0.1) is 0 Å². The van der Waals surface area contributed by atoms with Gasteiger partial charge in [-0.05, 0) is 128 Å². The second-order valence-electron chi connectivity index (χ2n) is 17.1. The van der Waals surface area contributed by atoms with E-state index >= 15 is 0 Å². The van der Waals surface area contributed by atoms with Crippen LogP contribution < -0.4 is 0 Å². The average molecular weight is 763 g/mol. The van der Waals surface area contributed by atoms with Crippen LogP contribution in [0.25, 0.3) is 120 Å². The molecule has 12 aromatic rings. The van der Waals surface area contributed by atoms with Crippen molar-refractivity contribution < 1.29 is 4.42 Å². The number of hydrogen-bond donors (Lipinski definition) is 0. The fourth-order valence-electron chi connectivity index (χ4n) is 11.1. The van der Waals surface area contributed by atoms with Gasteiger partial charge in [0, 0.05) is 16.2 Å². The van der Waals surface area contributed by atoms with Crippen molar-refractivity contribution in [2.45, 2.75) is 19.3 Å². The van der Waals surface area contributed by atoms with Gasteiger partial charge in [-0.15, -0.1) is 0 Å². The largest absolute Gasteiger partial charge is 0.456 e. The van der Waals surface area contributed by atoms with Crippen LogP contribution in [0.15, 0.2) is 199 Å². The topological polar surface area (TPSA) is 13.1 Å². The molecule has 60 heavy (non-hydrogen) atoms. The van der Waals surface area contributed by atoms with Crippen molar-refractivity contribution >= 4 is 75.8 Å². The Morgan fingerprint density at radius 1 is 0.317 bits per heavy atom. The van der Waals surface area contributed by atoms with E-state index in [1.54, 1.807) is 0 Å². The number of hydrogen-bond acceptors (Lipinski definition) is 1. The molecular weight excluding hydrogens is 725 g/mol. The molecule has 0 amide bonds. The Hall–Kier alpha value is -7.48. The van der Waals surface area contributed by atoms with Gasteiger partial charge in [-0.1, -0.05) is 190 Å². The van der Waals surface area contributed by atoms with E-state index in [2.05, 4.69) is 208 Å². The van der Waals surface area contributed by atoms with E-state index in [4.69, 9.17) is 4.42 Å². The molecule has 0 N–H and O–H groups in total. The molecule has 0 saturated carbocycles. The summed E-state index contributed by atoms with van der Waals surface area (Å²) in [5.41, 5.74) is 14.7. The highest BCUT2D eigenvalue weighted by Gasteiger charge is 2.40. The summed E-state index contributed by atoms with van der Waals surface area (Å²) in [6.45, 7) is 4.84. The quantitative estimate of drug-likeness (QED) is 0.129. The normalized spacial score (nSPS) is 13.3. The SMILES string of the molecule is CC1(C)c2c(-c3ccc(-c4c5ccccc5c(-c5ccc6oc7ccc8ccccc8c7c6c5)c5ccccc45)cc3)cccc2-c2c1c1ccccc1c1ccccc21. The average Bonchev–Trinajstić information content (AvgIpc) is 3.80. The molecule has 13 rings (SSSR count). The Kier molecular flexibility index (Phi) is 6.85. The molecule has 280 valence electrons. The minimum atomic E-state index is -0.190. The van der Waals surface area contributed by atoms with Crippen molar-refractivity contribution in [2.24, 2.45) is 0 Å². The highest BCUT2D eigenvalue weighted by molar-refractivity contribution is 6.24. The van der Waals surface area contributed by atoms with E-state index in [9.17, 15) is 0 Å². The van der Waals surface area contributed by atoms with Crippen LogP contribution in [0, 0.1) is 0 Å². The first-order chi connectivity index (χ1) is 29.5. The van der Waals surface area contributed by atoms with Crippen LogP contribution in [0.3, 0.4) is 0 Å². The lowest BCUT2D eigenvalue weighted by Gasteiger charge is -2.26. The van der Waals surface area contributed by atoms with Gasteiger partial charge in [-0.3, -0.25) is 0 Å². The van der Waals surface area contributed by atoms with Gasteiger partial charge in [-0.2, -0.15) is 0 Å². The molecule has 0 bridgehead atoms. The smallest absolute Gasteiger partial charge is 0.136 e. The lowest BCUT2D eigenvalue weighted by molar-refractivity contribution is 0.668. The molecular formula is C59H38O. The molecule has 1 nitrogen and oxygen atoms in total. The minimum absolute atomic E-state index is 0.190. The van der Waals surface area contributed by atoms with Crippen LogP contribution in [0.4, 0.5) is 0 Å². The van der Waals surface area contributed by atoms with Crippen LogP contribution >= 0.6 is 0 Å². The van der Waals surface area contributed by atoms with Crippen LogP contribution in [0.1, 0.15) is 25.0 Å². The summed E-state index contributed by atoms with van der Waals surface area (Å²) in [5.74, 6) is 0. The standard InChI is InChI=1S/C59H38O/c1-59(2)57-40(24-13-25-49(57)56-43-18-7-5-16-41(43)42-17-6-12-23-48(42)58(56)59)36-26-28-37(29-27-36)53-44-19-8-10-21-46(44)54(47-22-11-9-20-45(47)53)38-31-32-51-50(34-38)55-39-15-4-3-14-35(39)30-33-52(55)60-51/h3-34H,1-2H3. The fraction of sp³-hybridized carbons (Fsp3) is 0.0508. The summed E-state index contributed by atoms with van der Waals surface area (Å²) in [6.07, 6.45) is 0. The third kappa shape index (κ3) is 4.52. The number of fused-ring (bicyclic) bond motifs is 15. The zero-order chi connectivity index (χ0) is 39.7. The molecule has 1 heterocycles. The molecule has 1 aliphatic carbocycles. The summed E-state index contributed by atoms with van der Waals surface area (Å²) >= 11 is 0. The maximum atomic E-state index is 6.43. The third-order valence-electron chi connectivity index (χ3n) is 13.6. The van der Waals surface area contributed by atoms with Crippen molar-refractivity contribution in [3.8, 4) is 44.5 Å². The van der Waals surface area contributed by atoms with Crippen LogP contribution in [0.5, 0.6) is 0 Å². The first-order valence-electron chi connectivity index (χ1n) is 21.0. The van der Waals surface area contributed by atoms with Gasteiger partial charge in [0.1, 0.15) is 11.2 Å². The molecule has 0 fully saturated rings. The first-order valence-corrected chi connectivity index (χ1v) is 21.0. The zero-order valence-corrected chi connectivity index (χ0v) is 33.4. The number of furan rings is 1. The zero-order valence-electron chi connectivity index (χ0n) is 33.4. The maximum Gasteiger partial charge on any atom is 0.136 e. The van der Waals surface area contributed by atoms with Gasteiger partial charge in [-0.25, -0.2) is 0 Å². The van der Waals surface area contributed by atoms with Crippen LogP contribution in [-0.4, -0.2) is 0 Å². The summed E-state index contributed by atoms with van der Waals surface area (Å²) in [6, 6.07) is 71.7. The van der Waals surface area contributed by atoms with Crippen LogP contribution in [-0.2, 0) is 5.41 Å². The van der Waals surface area contributed by atoms with Gasteiger partial charge in [0.15, 0.2) is 0 Å². The summed E-state index contributed by atoms with van der Waals surface area (Å²) < 4.78 is 6.43. The summed E-state index contributed by atoms with van der Waals surface area (Å²) in [4.78, 5) is 0. The van der Waals surface area contributed by atoms with E-state index in [1.807, 2.05) is 0 Å². The molecule has 0 aliphatic heterocycles. The Morgan fingerprint density at radius 3 is 1.47 bits per heavy atom. The predicted molar refractivity (Wildman–Crippen MR) is 255 cm³/mol. The molecule has 0 spiro atoms. The van der Waals surface area contributed by atoms with Gasteiger partial charge in [0.25, 0.3) is 0 Å². The Bertz CT molecular complexity index is 3730. The highest BCUT2D eigenvalue weighted by Crippen LogP contribution is 2.57. The molecule has 11 aromatic carbocycles. The van der Waals surface area contributed by atoms with Crippen LogP contribution in [0.2, 0.25) is 0 Å². The van der Waals surface area contributed by atoms with E-state index in [1.165, 1.54) is 115 Å². The van der Waals surface area contributed by atoms with E-state index in [0.717, 1.165) is 16.6 Å². The monoisotopic (exact) mass is 762 g/mol. The van der Waals surface area contributed by atoms with Crippen molar-refractivity contribution in [3.05, 3.63) is 205 Å². The molecule has 1 heteroatoms. The second kappa shape index (κ2) is 12.3. The highest BCUT2D eigenvalue weighted by atomic mass is 16.3. The maximum absolute atomic E-state index is 6.43. The third-order valence-corrected chi connectivity index (χ3v) is 13.6. The van der Waals surface area contributed by atoms with Gasteiger partial charge >= 0.3 is 0 Å². The Labute approximate surface area is 347 Å². The van der Waals surface area contributed by atoms with E-state index < -0.39 is 0 Å².